The number of benzene rings is 2. The van der Waals surface area contributed by atoms with Gasteiger partial charge in [0.05, 0.1) is 0 Å². The predicted octanol–water partition coefficient (Wildman–Crippen LogP) is 6.14. The van der Waals surface area contributed by atoms with Crippen molar-refractivity contribution in [2.75, 3.05) is 10.6 Å². The van der Waals surface area contributed by atoms with Crippen molar-refractivity contribution in [2.24, 2.45) is 4.99 Å². The number of aryl methyl sites for hydroxylation is 1. The number of nitrogens with one attached hydrogen (secondary N) is 2. The van der Waals surface area contributed by atoms with Gasteiger partial charge in [-0.2, -0.15) is 0 Å². The summed E-state index contributed by atoms with van der Waals surface area (Å²) in [6, 6.07) is 12.8. The average Bonchev–Trinajstić information content (AvgIpc) is 2.58. The fourth-order valence-electron chi connectivity index (χ4n) is 2.27. The van der Waals surface area contributed by atoms with Crippen LogP contribution in [0.3, 0.4) is 0 Å². The van der Waals surface area contributed by atoms with Gasteiger partial charge in [0.1, 0.15) is 11.6 Å². The Morgan fingerprint density at radius 3 is 2.27 bits per heavy atom. The lowest BCUT2D eigenvalue weighted by Crippen LogP contribution is -1.98. The van der Waals surface area contributed by atoms with E-state index in [1.165, 1.54) is 6.07 Å². The van der Waals surface area contributed by atoms with Crippen LogP contribution >= 0.6 is 0 Å². The quantitative estimate of drug-likeness (QED) is 0.589. The van der Waals surface area contributed by atoms with Crippen LogP contribution in [-0.4, -0.2) is 6.21 Å². The number of halogens is 1. The molecule has 0 aliphatic heterocycles. The van der Waals surface area contributed by atoms with Crippen molar-refractivity contribution in [2.45, 2.75) is 20.8 Å². The average molecular weight is 349 g/mol. The Morgan fingerprint density at radius 2 is 1.65 bits per heavy atom. The van der Waals surface area contributed by atoms with Gasteiger partial charge in [-0.25, -0.2) is 9.38 Å². The monoisotopic (exact) mass is 349 g/mol. The lowest BCUT2D eigenvalue weighted by Gasteiger charge is -2.08. The van der Waals surface area contributed by atoms with Gasteiger partial charge in [-0.3, -0.25) is 0 Å². The van der Waals surface area contributed by atoms with E-state index >= 15 is 0 Å². The molecule has 0 spiro atoms. The first-order valence-corrected chi connectivity index (χ1v) is 8.31. The molecule has 0 saturated heterocycles. The molecule has 0 heterocycles. The molecule has 0 unspecified atom stereocenters. The molecule has 0 amide bonds. The highest BCUT2D eigenvalue weighted by Gasteiger charge is 1.99. The van der Waals surface area contributed by atoms with Crippen molar-refractivity contribution in [1.29, 1.82) is 0 Å². The summed E-state index contributed by atoms with van der Waals surface area (Å²) in [7, 11) is 0. The normalized spacial score (nSPS) is 11.5. The molecular formula is C22H24FN3. The maximum absolute atomic E-state index is 13.3. The summed E-state index contributed by atoms with van der Waals surface area (Å²) in [6.07, 6.45) is 3.49. The molecule has 134 valence electrons. The molecular weight excluding hydrogens is 325 g/mol. The van der Waals surface area contributed by atoms with E-state index in [4.69, 9.17) is 0 Å². The molecule has 26 heavy (non-hydrogen) atoms. The van der Waals surface area contributed by atoms with Gasteiger partial charge < -0.3 is 10.6 Å². The van der Waals surface area contributed by atoms with Crippen molar-refractivity contribution < 1.29 is 4.39 Å². The molecule has 2 rings (SSSR count). The third kappa shape index (κ3) is 5.74. The number of rotatable bonds is 7. The second-order valence-corrected chi connectivity index (χ2v) is 6.15. The standard InChI is InChI=1S/C22H24FN3/c1-15(2)19-6-8-20(9-7-19)26-18(5)24-13-12-17(4)25-21-10-11-22(23)16(3)14-21/h6-14,25-26H,1,5H2,2-4H3/b17-12+,24-13-. The predicted molar refractivity (Wildman–Crippen MR) is 111 cm³/mol. The van der Waals surface area contributed by atoms with Crippen molar-refractivity contribution in [3.63, 3.8) is 0 Å². The molecule has 0 fully saturated rings. The molecule has 0 bridgehead atoms. The van der Waals surface area contributed by atoms with E-state index in [1.807, 2.05) is 44.2 Å². The van der Waals surface area contributed by atoms with Gasteiger partial charge in [0.2, 0.25) is 0 Å². The zero-order valence-corrected chi connectivity index (χ0v) is 15.4. The molecule has 3 nitrogen and oxygen atoms in total. The Labute approximate surface area is 154 Å². The van der Waals surface area contributed by atoms with Gasteiger partial charge in [0, 0.05) is 23.3 Å². The number of nitrogens with zero attached hydrogens (tertiary/aromatic N) is 1. The minimum absolute atomic E-state index is 0.211. The van der Waals surface area contributed by atoms with E-state index in [1.54, 1.807) is 25.3 Å². The van der Waals surface area contributed by atoms with Gasteiger partial charge in [0.15, 0.2) is 0 Å². The van der Waals surface area contributed by atoms with Gasteiger partial charge >= 0.3 is 0 Å². The van der Waals surface area contributed by atoms with Crippen LogP contribution in [-0.2, 0) is 0 Å². The molecule has 2 N–H and O–H groups in total. The molecule has 0 atom stereocenters. The number of hydrogen-bond acceptors (Lipinski definition) is 3. The lowest BCUT2D eigenvalue weighted by atomic mass is 10.1. The second-order valence-electron chi connectivity index (χ2n) is 6.15. The van der Waals surface area contributed by atoms with Crippen LogP contribution in [0, 0.1) is 12.7 Å². The maximum atomic E-state index is 13.3. The van der Waals surface area contributed by atoms with E-state index in [0.717, 1.165) is 28.2 Å². The van der Waals surface area contributed by atoms with E-state index in [2.05, 4.69) is 28.8 Å². The first-order valence-electron chi connectivity index (χ1n) is 8.31. The number of hydrogen-bond donors (Lipinski definition) is 2. The number of aliphatic imine (C=N–C) groups is 1. The van der Waals surface area contributed by atoms with Crippen LogP contribution < -0.4 is 10.6 Å². The molecule has 4 heteroatoms. The topological polar surface area (TPSA) is 36.4 Å². The Morgan fingerprint density at radius 1 is 1.00 bits per heavy atom. The Bertz CT molecular complexity index is 861. The SMILES string of the molecule is C=C(/N=C\C=C(/C)Nc1ccc(F)c(C)c1)Nc1ccc(C(=C)C)cc1. The summed E-state index contributed by atoms with van der Waals surface area (Å²) in [5.41, 5.74) is 5.37. The van der Waals surface area contributed by atoms with Crippen LogP contribution in [0.4, 0.5) is 15.8 Å². The Kier molecular flexibility index (Phi) is 6.50. The summed E-state index contributed by atoms with van der Waals surface area (Å²) in [4.78, 5) is 4.27. The van der Waals surface area contributed by atoms with Crippen LogP contribution in [0.15, 0.2) is 78.2 Å². The first kappa shape index (κ1) is 19.2. The largest absolute Gasteiger partial charge is 0.359 e. The molecule has 0 radical (unpaired) electrons. The zero-order chi connectivity index (χ0) is 19.1. The van der Waals surface area contributed by atoms with Crippen LogP contribution in [0.25, 0.3) is 5.57 Å². The van der Waals surface area contributed by atoms with Gasteiger partial charge in [-0.05, 0) is 68.3 Å². The molecule has 0 aromatic heterocycles. The number of anilines is 2. The molecule has 0 saturated carbocycles. The minimum atomic E-state index is -0.211. The van der Waals surface area contributed by atoms with Gasteiger partial charge in [-0.1, -0.05) is 30.9 Å². The van der Waals surface area contributed by atoms with Crippen LogP contribution in [0.2, 0.25) is 0 Å². The van der Waals surface area contributed by atoms with Crippen LogP contribution in [0.5, 0.6) is 0 Å². The molecule has 2 aromatic carbocycles. The fraction of sp³-hybridized carbons (Fsp3) is 0.136. The summed E-state index contributed by atoms with van der Waals surface area (Å²) in [5.74, 6) is 0.326. The molecule has 2 aromatic rings. The lowest BCUT2D eigenvalue weighted by molar-refractivity contribution is 0.619. The minimum Gasteiger partial charge on any atom is -0.359 e. The summed E-state index contributed by atoms with van der Waals surface area (Å²) < 4.78 is 13.3. The van der Waals surface area contributed by atoms with E-state index in [-0.39, 0.29) is 5.82 Å². The highest BCUT2D eigenvalue weighted by molar-refractivity contribution is 5.75. The summed E-state index contributed by atoms with van der Waals surface area (Å²) in [5, 5.41) is 6.33. The highest BCUT2D eigenvalue weighted by Crippen LogP contribution is 2.17. The van der Waals surface area contributed by atoms with Crippen LogP contribution in [0.1, 0.15) is 25.0 Å². The molecule has 0 aliphatic rings. The Balaban J connectivity index is 1.91. The van der Waals surface area contributed by atoms with Crippen molar-refractivity contribution >= 4 is 23.2 Å². The second kappa shape index (κ2) is 8.81. The Hall–Kier alpha value is -3.14. The van der Waals surface area contributed by atoms with Crippen molar-refractivity contribution in [3.8, 4) is 0 Å². The van der Waals surface area contributed by atoms with E-state index < -0.39 is 0 Å². The van der Waals surface area contributed by atoms with Crippen molar-refractivity contribution in [1.82, 2.24) is 0 Å². The van der Waals surface area contributed by atoms with E-state index in [9.17, 15) is 4.39 Å². The third-order valence-corrected chi connectivity index (χ3v) is 3.72. The summed E-state index contributed by atoms with van der Waals surface area (Å²) >= 11 is 0. The maximum Gasteiger partial charge on any atom is 0.126 e. The zero-order valence-electron chi connectivity index (χ0n) is 15.4. The fourth-order valence-corrected chi connectivity index (χ4v) is 2.27. The van der Waals surface area contributed by atoms with Gasteiger partial charge in [0.25, 0.3) is 0 Å². The van der Waals surface area contributed by atoms with Gasteiger partial charge in [-0.15, -0.1) is 0 Å². The highest BCUT2D eigenvalue weighted by atomic mass is 19.1. The number of allylic oxidation sites excluding steroid dienone is 3. The van der Waals surface area contributed by atoms with E-state index in [0.29, 0.717) is 11.4 Å². The summed E-state index contributed by atoms with van der Waals surface area (Å²) in [6.45, 7) is 13.4. The molecule has 0 aliphatic carbocycles. The smallest absolute Gasteiger partial charge is 0.126 e. The van der Waals surface area contributed by atoms with Crippen molar-refractivity contribution in [3.05, 3.63) is 90.2 Å². The first-order chi connectivity index (χ1) is 12.3. The third-order valence-electron chi connectivity index (χ3n) is 3.72.